The molecule has 0 unspecified atom stereocenters. The van der Waals surface area contributed by atoms with Gasteiger partial charge in [0.15, 0.2) is 0 Å². The predicted octanol–water partition coefficient (Wildman–Crippen LogP) is 3.53. The average Bonchev–Trinajstić information content (AvgIpc) is 2.40. The van der Waals surface area contributed by atoms with Crippen LogP contribution in [0.4, 0.5) is 20.2 Å². The number of rotatable bonds is 5. The third-order valence-electron chi connectivity index (χ3n) is 2.81. The fourth-order valence-corrected chi connectivity index (χ4v) is 1.84. The first kappa shape index (κ1) is 13.9. The van der Waals surface area contributed by atoms with Crippen molar-refractivity contribution in [3.8, 4) is 0 Å². The largest absolute Gasteiger partial charge is 0.379 e. The van der Waals surface area contributed by atoms with Crippen molar-refractivity contribution in [3.05, 3.63) is 69.8 Å². The molecule has 104 valence electrons. The third-order valence-corrected chi connectivity index (χ3v) is 2.81. The van der Waals surface area contributed by atoms with Gasteiger partial charge in [-0.25, -0.2) is 4.39 Å². The Morgan fingerprint density at radius 1 is 1.10 bits per heavy atom. The van der Waals surface area contributed by atoms with Gasteiger partial charge in [-0.3, -0.25) is 10.1 Å². The quantitative estimate of drug-likeness (QED) is 0.672. The molecule has 2 aromatic carbocycles. The Bertz CT molecular complexity index is 615. The Morgan fingerprint density at radius 2 is 1.80 bits per heavy atom. The van der Waals surface area contributed by atoms with E-state index in [0.29, 0.717) is 13.0 Å². The fraction of sp³-hybridized carbons (Fsp3) is 0.143. The van der Waals surface area contributed by atoms with Gasteiger partial charge in [-0.15, -0.1) is 0 Å². The van der Waals surface area contributed by atoms with E-state index >= 15 is 0 Å². The van der Waals surface area contributed by atoms with Crippen molar-refractivity contribution in [2.45, 2.75) is 6.42 Å². The molecular formula is C14H12F2N2O2. The van der Waals surface area contributed by atoms with Crippen LogP contribution in [0.3, 0.4) is 0 Å². The zero-order valence-electron chi connectivity index (χ0n) is 10.5. The second kappa shape index (κ2) is 6.10. The van der Waals surface area contributed by atoms with Crippen molar-refractivity contribution in [1.29, 1.82) is 0 Å². The monoisotopic (exact) mass is 278 g/mol. The number of benzene rings is 2. The Kier molecular flexibility index (Phi) is 4.24. The van der Waals surface area contributed by atoms with E-state index in [4.69, 9.17) is 0 Å². The van der Waals surface area contributed by atoms with Crippen LogP contribution < -0.4 is 5.32 Å². The van der Waals surface area contributed by atoms with Gasteiger partial charge in [-0.05, 0) is 36.2 Å². The highest BCUT2D eigenvalue weighted by atomic mass is 19.1. The van der Waals surface area contributed by atoms with Gasteiger partial charge in [0.1, 0.15) is 11.5 Å². The maximum absolute atomic E-state index is 13.4. The Labute approximate surface area is 114 Å². The van der Waals surface area contributed by atoms with Crippen LogP contribution in [0.2, 0.25) is 0 Å². The molecule has 4 nitrogen and oxygen atoms in total. The van der Waals surface area contributed by atoms with Crippen molar-refractivity contribution < 1.29 is 13.7 Å². The summed E-state index contributed by atoms with van der Waals surface area (Å²) in [6, 6.07) is 9.87. The summed E-state index contributed by atoms with van der Waals surface area (Å²) in [5.74, 6) is -1.19. The number of anilines is 1. The third kappa shape index (κ3) is 3.28. The molecule has 2 rings (SSSR count). The lowest BCUT2D eigenvalue weighted by Gasteiger charge is -2.07. The van der Waals surface area contributed by atoms with Gasteiger partial charge in [0, 0.05) is 6.54 Å². The van der Waals surface area contributed by atoms with Crippen LogP contribution in [0.25, 0.3) is 0 Å². The zero-order valence-corrected chi connectivity index (χ0v) is 10.5. The number of nitrogens with one attached hydrogen (secondary N) is 1. The van der Waals surface area contributed by atoms with Gasteiger partial charge in [-0.1, -0.05) is 18.2 Å². The van der Waals surface area contributed by atoms with Gasteiger partial charge in [-0.2, -0.15) is 4.39 Å². The lowest BCUT2D eigenvalue weighted by molar-refractivity contribution is -0.386. The highest BCUT2D eigenvalue weighted by Gasteiger charge is 2.19. The molecule has 0 amide bonds. The molecule has 20 heavy (non-hydrogen) atoms. The molecular weight excluding hydrogens is 266 g/mol. The van der Waals surface area contributed by atoms with E-state index in [0.717, 1.165) is 11.6 Å². The first-order valence-corrected chi connectivity index (χ1v) is 5.99. The molecule has 2 aromatic rings. The number of halogens is 2. The Balaban J connectivity index is 2.02. The van der Waals surface area contributed by atoms with Gasteiger partial charge in [0.2, 0.25) is 5.82 Å². The number of hydrogen-bond donors (Lipinski definition) is 1. The van der Waals surface area contributed by atoms with E-state index < -0.39 is 16.4 Å². The summed E-state index contributed by atoms with van der Waals surface area (Å²) in [4.78, 5) is 10.0. The maximum atomic E-state index is 13.4. The van der Waals surface area contributed by atoms with Crippen LogP contribution in [0, 0.1) is 21.7 Å². The predicted molar refractivity (Wildman–Crippen MR) is 71.6 cm³/mol. The molecule has 0 saturated carbocycles. The smallest absolute Gasteiger partial charge is 0.327 e. The fourth-order valence-electron chi connectivity index (χ4n) is 1.84. The molecule has 0 spiro atoms. The molecule has 0 aromatic heterocycles. The molecule has 0 bridgehead atoms. The topological polar surface area (TPSA) is 55.2 Å². The summed E-state index contributed by atoms with van der Waals surface area (Å²) in [5.41, 5.74) is 0.460. The second-order valence-corrected chi connectivity index (χ2v) is 4.20. The summed E-state index contributed by atoms with van der Waals surface area (Å²) in [5, 5.41) is 13.6. The van der Waals surface area contributed by atoms with Gasteiger partial charge in [0.05, 0.1) is 4.92 Å². The summed E-state index contributed by atoms with van der Waals surface area (Å²) in [7, 11) is 0. The van der Waals surface area contributed by atoms with E-state index in [1.54, 1.807) is 12.1 Å². The van der Waals surface area contributed by atoms with Crippen molar-refractivity contribution in [2.24, 2.45) is 0 Å². The molecule has 0 radical (unpaired) electrons. The van der Waals surface area contributed by atoms with Gasteiger partial charge >= 0.3 is 5.69 Å². The molecule has 0 heterocycles. The number of hydrogen-bond acceptors (Lipinski definition) is 3. The summed E-state index contributed by atoms with van der Waals surface area (Å²) < 4.78 is 26.1. The van der Waals surface area contributed by atoms with E-state index in [2.05, 4.69) is 5.32 Å². The van der Waals surface area contributed by atoms with E-state index in [9.17, 15) is 18.9 Å². The summed E-state index contributed by atoms with van der Waals surface area (Å²) >= 11 is 0. The zero-order chi connectivity index (χ0) is 14.5. The van der Waals surface area contributed by atoms with Crippen LogP contribution in [-0.4, -0.2) is 11.5 Å². The Hall–Kier alpha value is -2.50. The van der Waals surface area contributed by atoms with Gasteiger partial charge < -0.3 is 5.32 Å². The number of nitro benzene ring substituents is 1. The maximum Gasteiger partial charge on any atom is 0.327 e. The molecule has 0 aliphatic carbocycles. The number of para-hydroxylation sites is 1. The first-order valence-electron chi connectivity index (χ1n) is 5.99. The van der Waals surface area contributed by atoms with Gasteiger partial charge in [0.25, 0.3) is 0 Å². The van der Waals surface area contributed by atoms with Crippen LogP contribution in [0.5, 0.6) is 0 Å². The van der Waals surface area contributed by atoms with E-state index in [1.165, 1.54) is 24.3 Å². The lowest BCUT2D eigenvalue weighted by Crippen LogP contribution is -2.07. The first-order chi connectivity index (χ1) is 9.58. The minimum absolute atomic E-state index is 0.136. The Morgan fingerprint density at radius 3 is 2.45 bits per heavy atom. The summed E-state index contributed by atoms with van der Waals surface area (Å²) in [6.45, 7) is 0.385. The molecule has 0 aliphatic rings. The number of nitrogens with zero attached hydrogens (tertiary/aromatic N) is 1. The average molecular weight is 278 g/mol. The van der Waals surface area contributed by atoms with Crippen LogP contribution >= 0.6 is 0 Å². The molecule has 0 saturated heterocycles. The normalized spacial score (nSPS) is 10.3. The minimum atomic E-state index is -0.873. The molecule has 6 heteroatoms. The van der Waals surface area contributed by atoms with E-state index in [1.807, 2.05) is 0 Å². The minimum Gasteiger partial charge on any atom is -0.379 e. The van der Waals surface area contributed by atoms with E-state index in [-0.39, 0.29) is 11.5 Å². The highest BCUT2D eigenvalue weighted by Crippen LogP contribution is 2.27. The second-order valence-electron chi connectivity index (χ2n) is 4.20. The highest BCUT2D eigenvalue weighted by molar-refractivity contribution is 5.61. The standard InChI is InChI=1S/C14H12F2N2O2/c15-11-6-4-10(5-7-11)8-9-17-13-3-1-2-12(16)14(13)18(19)20/h1-7,17H,8-9H2. The molecule has 0 aliphatic heterocycles. The summed E-state index contributed by atoms with van der Waals surface area (Å²) in [6.07, 6.45) is 0.550. The van der Waals surface area contributed by atoms with Crippen LogP contribution in [0.1, 0.15) is 5.56 Å². The van der Waals surface area contributed by atoms with Crippen molar-refractivity contribution in [3.63, 3.8) is 0 Å². The molecule has 0 fully saturated rings. The van der Waals surface area contributed by atoms with Crippen LogP contribution in [0.15, 0.2) is 42.5 Å². The molecule has 0 atom stereocenters. The lowest BCUT2D eigenvalue weighted by atomic mass is 10.1. The van der Waals surface area contributed by atoms with Crippen molar-refractivity contribution >= 4 is 11.4 Å². The number of nitro groups is 1. The van der Waals surface area contributed by atoms with Crippen molar-refractivity contribution in [1.82, 2.24) is 0 Å². The SMILES string of the molecule is O=[N+]([O-])c1c(F)cccc1NCCc1ccc(F)cc1. The van der Waals surface area contributed by atoms with Crippen molar-refractivity contribution in [2.75, 3.05) is 11.9 Å². The van der Waals surface area contributed by atoms with Crippen LogP contribution in [-0.2, 0) is 6.42 Å². The molecule has 1 N–H and O–H groups in total.